The third-order valence-electron chi connectivity index (χ3n) is 2.89. The van der Waals surface area contributed by atoms with E-state index in [0.29, 0.717) is 5.56 Å². The lowest BCUT2D eigenvalue weighted by Crippen LogP contribution is -2.45. The van der Waals surface area contributed by atoms with Crippen molar-refractivity contribution in [3.8, 4) is 0 Å². The molecule has 1 heterocycles. The minimum atomic E-state index is -0.629. The molecule has 5 heteroatoms. The van der Waals surface area contributed by atoms with Gasteiger partial charge in [-0.1, -0.05) is 30.3 Å². The maximum Gasteiger partial charge on any atom is 0.255 e. The highest BCUT2D eigenvalue weighted by atomic mass is 35.5. The van der Waals surface area contributed by atoms with E-state index in [-0.39, 0.29) is 11.8 Å². The average Bonchev–Trinajstić information content (AvgIpc) is 2.49. The smallest absolute Gasteiger partial charge is 0.255 e. The van der Waals surface area contributed by atoms with Crippen LogP contribution >= 0.6 is 11.6 Å². The van der Waals surface area contributed by atoms with Gasteiger partial charge >= 0.3 is 0 Å². The quantitative estimate of drug-likeness (QED) is 0.872. The largest absolute Gasteiger partial charge is 0.341 e. The molecule has 0 aliphatic carbocycles. The number of nitrogens with zero attached hydrogens (tertiary/aromatic N) is 2. The molecule has 19 heavy (non-hydrogen) atoms. The number of carbonyl (C=O) groups excluding carboxylic acids is 1. The SMILES string of the molecule is CC(CCl)(NC(=O)c1cncnc1)c1ccccc1. The molecule has 2 aromatic rings. The van der Waals surface area contributed by atoms with E-state index in [0.717, 1.165) is 5.56 Å². The Balaban J connectivity index is 2.22. The molecule has 0 fully saturated rings. The first-order valence-corrected chi connectivity index (χ1v) is 6.38. The second-order valence-corrected chi connectivity index (χ2v) is 4.68. The van der Waals surface area contributed by atoms with Crippen molar-refractivity contribution >= 4 is 17.5 Å². The summed E-state index contributed by atoms with van der Waals surface area (Å²) in [6.07, 6.45) is 4.33. The van der Waals surface area contributed by atoms with E-state index in [1.165, 1.54) is 18.7 Å². The van der Waals surface area contributed by atoms with Gasteiger partial charge < -0.3 is 5.32 Å². The highest BCUT2D eigenvalue weighted by molar-refractivity contribution is 6.19. The standard InChI is InChI=1S/C14H14ClN3O/c1-14(9-15,12-5-3-2-4-6-12)18-13(19)11-7-16-10-17-8-11/h2-8,10H,9H2,1H3,(H,18,19). The molecule has 1 atom stereocenters. The number of benzene rings is 1. The molecule has 4 nitrogen and oxygen atoms in total. The van der Waals surface area contributed by atoms with Gasteiger partial charge in [0.1, 0.15) is 6.33 Å². The molecule has 1 amide bonds. The van der Waals surface area contributed by atoms with Crippen LogP contribution in [0.15, 0.2) is 49.1 Å². The van der Waals surface area contributed by atoms with Gasteiger partial charge in [-0.05, 0) is 12.5 Å². The van der Waals surface area contributed by atoms with Crippen LogP contribution in [0, 0.1) is 0 Å². The zero-order chi connectivity index (χ0) is 13.7. The summed E-state index contributed by atoms with van der Waals surface area (Å²) in [7, 11) is 0. The van der Waals surface area contributed by atoms with Crippen molar-refractivity contribution in [1.29, 1.82) is 0 Å². The van der Waals surface area contributed by atoms with Gasteiger partial charge in [0, 0.05) is 18.3 Å². The number of aromatic nitrogens is 2. The third kappa shape index (κ3) is 3.09. The van der Waals surface area contributed by atoms with Crippen molar-refractivity contribution in [2.24, 2.45) is 0 Å². The number of amides is 1. The molecule has 1 N–H and O–H groups in total. The Morgan fingerprint density at radius 3 is 2.47 bits per heavy atom. The number of nitrogens with one attached hydrogen (secondary N) is 1. The van der Waals surface area contributed by atoms with E-state index >= 15 is 0 Å². The average molecular weight is 276 g/mol. The number of rotatable bonds is 4. The van der Waals surface area contributed by atoms with Gasteiger partial charge in [0.05, 0.1) is 11.1 Å². The molecule has 0 bridgehead atoms. The van der Waals surface area contributed by atoms with Crippen LogP contribution in [-0.2, 0) is 5.54 Å². The Morgan fingerprint density at radius 2 is 1.89 bits per heavy atom. The molecule has 98 valence electrons. The summed E-state index contributed by atoms with van der Waals surface area (Å²) in [4.78, 5) is 19.8. The molecule has 0 aliphatic heterocycles. The second-order valence-electron chi connectivity index (χ2n) is 4.41. The molecule has 1 aromatic heterocycles. The van der Waals surface area contributed by atoms with Crippen LogP contribution in [-0.4, -0.2) is 21.8 Å². The van der Waals surface area contributed by atoms with Crippen LogP contribution in [0.4, 0.5) is 0 Å². The topological polar surface area (TPSA) is 54.9 Å². The third-order valence-corrected chi connectivity index (χ3v) is 3.42. The molecule has 1 unspecified atom stereocenters. The van der Waals surface area contributed by atoms with Crippen molar-refractivity contribution in [3.63, 3.8) is 0 Å². The van der Waals surface area contributed by atoms with Crippen LogP contribution in [0.2, 0.25) is 0 Å². The monoisotopic (exact) mass is 275 g/mol. The van der Waals surface area contributed by atoms with Crippen molar-refractivity contribution < 1.29 is 4.79 Å². The van der Waals surface area contributed by atoms with Crippen LogP contribution in [0.1, 0.15) is 22.8 Å². The summed E-state index contributed by atoms with van der Waals surface area (Å²) in [5, 5.41) is 2.92. The lowest BCUT2D eigenvalue weighted by molar-refractivity contribution is 0.0912. The lowest BCUT2D eigenvalue weighted by atomic mass is 9.94. The minimum Gasteiger partial charge on any atom is -0.341 e. The second kappa shape index (κ2) is 5.80. The first-order valence-electron chi connectivity index (χ1n) is 5.85. The normalized spacial score (nSPS) is 13.6. The molecule has 0 spiro atoms. The fraction of sp³-hybridized carbons (Fsp3) is 0.214. The van der Waals surface area contributed by atoms with Crippen LogP contribution < -0.4 is 5.32 Å². The Morgan fingerprint density at radius 1 is 1.26 bits per heavy atom. The molecular weight excluding hydrogens is 262 g/mol. The molecule has 1 aromatic carbocycles. The van der Waals surface area contributed by atoms with E-state index in [4.69, 9.17) is 11.6 Å². The van der Waals surface area contributed by atoms with E-state index in [2.05, 4.69) is 15.3 Å². The van der Waals surface area contributed by atoms with Crippen LogP contribution in [0.3, 0.4) is 0 Å². The predicted molar refractivity (Wildman–Crippen MR) is 74.0 cm³/mol. The van der Waals surface area contributed by atoms with Gasteiger partial charge in [0.25, 0.3) is 5.91 Å². The van der Waals surface area contributed by atoms with E-state index in [9.17, 15) is 4.79 Å². The van der Waals surface area contributed by atoms with E-state index in [1.807, 2.05) is 37.3 Å². The van der Waals surface area contributed by atoms with Gasteiger partial charge in [-0.3, -0.25) is 4.79 Å². The van der Waals surface area contributed by atoms with E-state index < -0.39 is 5.54 Å². The summed E-state index contributed by atoms with van der Waals surface area (Å²) >= 11 is 6.03. The van der Waals surface area contributed by atoms with Crippen LogP contribution in [0.5, 0.6) is 0 Å². The maximum absolute atomic E-state index is 12.1. The summed E-state index contributed by atoms with van der Waals surface area (Å²) in [6, 6.07) is 9.62. The fourth-order valence-corrected chi connectivity index (χ4v) is 1.95. The summed E-state index contributed by atoms with van der Waals surface area (Å²) in [6.45, 7) is 1.89. The van der Waals surface area contributed by atoms with Gasteiger partial charge in [0.2, 0.25) is 0 Å². The molecular formula is C14H14ClN3O. The van der Waals surface area contributed by atoms with Crippen molar-refractivity contribution in [1.82, 2.24) is 15.3 Å². The van der Waals surface area contributed by atoms with Gasteiger partial charge in [-0.2, -0.15) is 0 Å². The Labute approximate surface area is 116 Å². The highest BCUT2D eigenvalue weighted by Crippen LogP contribution is 2.22. The molecule has 0 aliphatic rings. The van der Waals surface area contributed by atoms with Crippen molar-refractivity contribution in [2.75, 3.05) is 5.88 Å². The van der Waals surface area contributed by atoms with Crippen molar-refractivity contribution in [2.45, 2.75) is 12.5 Å². The number of carbonyl (C=O) groups is 1. The molecule has 2 rings (SSSR count). The summed E-state index contributed by atoms with van der Waals surface area (Å²) in [5.41, 5.74) is 0.736. The first kappa shape index (κ1) is 13.5. The minimum absolute atomic E-state index is 0.243. The zero-order valence-electron chi connectivity index (χ0n) is 10.5. The number of hydrogen-bond acceptors (Lipinski definition) is 3. The maximum atomic E-state index is 12.1. The Bertz CT molecular complexity index is 547. The highest BCUT2D eigenvalue weighted by Gasteiger charge is 2.28. The van der Waals surface area contributed by atoms with Gasteiger partial charge in [-0.15, -0.1) is 11.6 Å². The van der Waals surface area contributed by atoms with Gasteiger partial charge in [-0.25, -0.2) is 9.97 Å². The zero-order valence-corrected chi connectivity index (χ0v) is 11.3. The molecule has 0 saturated carbocycles. The Kier molecular flexibility index (Phi) is 4.12. The predicted octanol–water partition coefficient (Wildman–Crippen LogP) is 2.36. The number of halogens is 1. The fourth-order valence-electron chi connectivity index (χ4n) is 1.73. The summed E-state index contributed by atoms with van der Waals surface area (Å²) < 4.78 is 0. The molecule has 0 radical (unpaired) electrons. The number of hydrogen-bond donors (Lipinski definition) is 1. The van der Waals surface area contributed by atoms with Gasteiger partial charge in [0.15, 0.2) is 0 Å². The van der Waals surface area contributed by atoms with E-state index in [1.54, 1.807) is 0 Å². The van der Waals surface area contributed by atoms with Crippen LogP contribution in [0.25, 0.3) is 0 Å². The summed E-state index contributed by atoms with van der Waals surface area (Å²) in [5.74, 6) is 0.0313. The van der Waals surface area contributed by atoms with Crippen molar-refractivity contribution in [3.05, 3.63) is 60.2 Å². The molecule has 0 saturated heterocycles. The first-order chi connectivity index (χ1) is 9.15. The lowest BCUT2D eigenvalue weighted by Gasteiger charge is -2.29. The Hall–Kier alpha value is -1.94. The number of alkyl halides is 1.